The van der Waals surface area contributed by atoms with Crippen molar-refractivity contribution in [2.75, 3.05) is 6.61 Å². The maximum absolute atomic E-state index is 11.9. The number of phenols is 1. The molecule has 0 fully saturated rings. The topological polar surface area (TPSA) is 59.4 Å². The van der Waals surface area contributed by atoms with E-state index in [0.29, 0.717) is 12.3 Å². The van der Waals surface area contributed by atoms with Gasteiger partial charge in [0.15, 0.2) is 0 Å². The molecule has 0 radical (unpaired) electrons. The minimum atomic E-state index is -0.421. The number of aromatic nitrogens is 1. The quantitative estimate of drug-likeness (QED) is 0.855. The number of ether oxygens (including phenoxy) is 1. The Morgan fingerprint density at radius 1 is 1.29 bits per heavy atom. The molecule has 2 rings (SSSR count). The Morgan fingerprint density at radius 3 is 2.52 bits per heavy atom. The highest BCUT2D eigenvalue weighted by Crippen LogP contribution is 2.34. The zero-order valence-electron chi connectivity index (χ0n) is 13.2. The van der Waals surface area contributed by atoms with Gasteiger partial charge in [0.2, 0.25) is 0 Å². The van der Waals surface area contributed by atoms with E-state index in [9.17, 15) is 9.90 Å². The number of fused-ring (bicyclic) bond motifs is 1. The van der Waals surface area contributed by atoms with Crippen molar-refractivity contribution in [1.82, 2.24) is 4.98 Å². The SMILES string of the molecule is CCOC(=O)c1cc(C)c2cc(O)cc(C(C)(C)C)c2n1. The van der Waals surface area contributed by atoms with Crippen LogP contribution in [0.15, 0.2) is 18.2 Å². The van der Waals surface area contributed by atoms with Gasteiger partial charge in [0.05, 0.1) is 12.1 Å². The standard InChI is InChI=1S/C17H21NO3/c1-6-21-16(20)14-7-10(2)12-8-11(19)9-13(15(12)18-14)17(3,4)5/h7-9,19H,6H2,1-5H3. The second-order valence-corrected chi connectivity index (χ2v) is 6.18. The van der Waals surface area contributed by atoms with Gasteiger partial charge in [-0.3, -0.25) is 0 Å². The Hall–Kier alpha value is -2.10. The molecule has 1 aromatic heterocycles. The molecule has 0 aliphatic carbocycles. The lowest BCUT2D eigenvalue weighted by atomic mass is 9.84. The first-order valence-electron chi connectivity index (χ1n) is 7.06. The molecule has 0 amide bonds. The number of nitrogens with zero attached hydrogens (tertiary/aromatic N) is 1. The molecule has 1 N–H and O–H groups in total. The van der Waals surface area contributed by atoms with Gasteiger partial charge >= 0.3 is 5.97 Å². The number of pyridine rings is 1. The maximum Gasteiger partial charge on any atom is 0.356 e. The lowest BCUT2D eigenvalue weighted by Crippen LogP contribution is -2.14. The molecule has 0 unspecified atom stereocenters. The van der Waals surface area contributed by atoms with Crippen LogP contribution in [0.1, 0.15) is 49.3 Å². The van der Waals surface area contributed by atoms with Gasteiger partial charge in [-0.25, -0.2) is 9.78 Å². The summed E-state index contributed by atoms with van der Waals surface area (Å²) in [6.07, 6.45) is 0. The molecular formula is C17H21NO3. The van der Waals surface area contributed by atoms with E-state index in [-0.39, 0.29) is 11.2 Å². The Labute approximate surface area is 124 Å². The van der Waals surface area contributed by atoms with Crippen LogP contribution >= 0.6 is 0 Å². The van der Waals surface area contributed by atoms with Gasteiger partial charge in [0.25, 0.3) is 0 Å². The van der Waals surface area contributed by atoms with E-state index >= 15 is 0 Å². The summed E-state index contributed by atoms with van der Waals surface area (Å²) < 4.78 is 5.03. The van der Waals surface area contributed by atoms with Crippen LogP contribution in [0, 0.1) is 6.92 Å². The van der Waals surface area contributed by atoms with Crippen LogP contribution in [-0.2, 0) is 10.2 Å². The number of rotatable bonds is 2. The van der Waals surface area contributed by atoms with Crippen LogP contribution in [0.25, 0.3) is 10.9 Å². The van der Waals surface area contributed by atoms with Crippen LogP contribution in [-0.4, -0.2) is 22.7 Å². The van der Waals surface area contributed by atoms with Gasteiger partial charge in [0, 0.05) is 5.39 Å². The zero-order valence-corrected chi connectivity index (χ0v) is 13.2. The number of carbonyl (C=O) groups is 1. The average molecular weight is 287 g/mol. The summed E-state index contributed by atoms with van der Waals surface area (Å²) in [5.41, 5.74) is 2.65. The Bertz CT molecular complexity index is 699. The predicted molar refractivity (Wildman–Crippen MR) is 82.8 cm³/mol. The molecule has 21 heavy (non-hydrogen) atoms. The summed E-state index contributed by atoms with van der Waals surface area (Å²) in [6, 6.07) is 5.09. The van der Waals surface area contributed by atoms with Crippen LogP contribution in [0.5, 0.6) is 5.75 Å². The van der Waals surface area contributed by atoms with Gasteiger partial charge in [0.1, 0.15) is 11.4 Å². The first-order chi connectivity index (χ1) is 9.74. The molecule has 0 spiro atoms. The molecule has 0 aliphatic heterocycles. The van der Waals surface area contributed by atoms with Crippen molar-refractivity contribution in [3.05, 3.63) is 35.0 Å². The molecule has 4 heteroatoms. The highest BCUT2D eigenvalue weighted by molar-refractivity contribution is 5.94. The maximum atomic E-state index is 11.9. The third-order valence-corrected chi connectivity index (χ3v) is 3.40. The normalized spacial score (nSPS) is 11.7. The van der Waals surface area contributed by atoms with Crippen LogP contribution < -0.4 is 0 Å². The summed E-state index contributed by atoms with van der Waals surface area (Å²) in [6.45, 7) is 10.1. The minimum absolute atomic E-state index is 0.191. The number of benzene rings is 1. The Balaban J connectivity index is 2.77. The monoisotopic (exact) mass is 287 g/mol. The van der Waals surface area contributed by atoms with E-state index in [1.807, 2.05) is 6.92 Å². The van der Waals surface area contributed by atoms with E-state index in [4.69, 9.17) is 4.74 Å². The van der Waals surface area contributed by atoms with Gasteiger partial charge in [-0.1, -0.05) is 20.8 Å². The summed E-state index contributed by atoms with van der Waals surface area (Å²) in [7, 11) is 0. The summed E-state index contributed by atoms with van der Waals surface area (Å²) >= 11 is 0. The minimum Gasteiger partial charge on any atom is -0.508 e. The summed E-state index contributed by atoms with van der Waals surface area (Å²) in [5, 5.41) is 10.8. The molecule has 1 aromatic carbocycles. The predicted octanol–water partition coefficient (Wildman–Crippen LogP) is 3.72. The number of hydrogen-bond donors (Lipinski definition) is 1. The highest BCUT2D eigenvalue weighted by Gasteiger charge is 2.21. The summed E-state index contributed by atoms with van der Waals surface area (Å²) in [4.78, 5) is 16.4. The summed E-state index contributed by atoms with van der Waals surface area (Å²) in [5.74, 6) is -0.211. The van der Waals surface area contributed by atoms with E-state index in [1.165, 1.54) is 0 Å². The number of hydrogen-bond acceptors (Lipinski definition) is 4. The van der Waals surface area contributed by atoms with E-state index < -0.39 is 5.97 Å². The first-order valence-corrected chi connectivity index (χ1v) is 7.06. The highest BCUT2D eigenvalue weighted by atomic mass is 16.5. The molecule has 0 saturated heterocycles. The molecule has 0 atom stereocenters. The van der Waals surface area contributed by atoms with Crippen molar-refractivity contribution >= 4 is 16.9 Å². The lowest BCUT2D eigenvalue weighted by Gasteiger charge is -2.22. The molecule has 0 bridgehead atoms. The Kier molecular flexibility index (Phi) is 3.90. The average Bonchev–Trinajstić information content (AvgIpc) is 2.37. The smallest absolute Gasteiger partial charge is 0.356 e. The van der Waals surface area contributed by atoms with Crippen molar-refractivity contribution in [1.29, 1.82) is 0 Å². The molecule has 0 aliphatic rings. The van der Waals surface area contributed by atoms with Crippen LogP contribution in [0.3, 0.4) is 0 Å². The largest absolute Gasteiger partial charge is 0.508 e. The van der Waals surface area contributed by atoms with Crippen LogP contribution in [0.2, 0.25) is 0 Å². The molecule has 4 nitrogen and oxygen atoms in total. The second-order valence-electron chi connectivity index (χ2n) is 6.18. The fraction of sp³-hybridized carbons (Fsp3) is 0.412. The van der Waals surface area contributed by atoms with Crippen molar-refractivity contribution in [2.45, 2.75) is 40.0 Å². The molecule has 1 heterocycles. The molecule has 2 aromatic rings. The third kappa shape index (κ3) is 2.99. The fourth-order valence-electron chi connectivity index (χ4n) is 2.36. The number of esters is 1. The van der Waals surface area contributed by atoms with E-state index in [1.54, 1.807) is 25.1 Å². The van der Waals surface area contributed by atoms with Gasteiger partial charge in [-0.2, -0.15) is 0 Å². The first kappa shape index (κ1) is 15.3. The molecule has 112 valence electrons. The zero-order chi connectivity index (χ0) is 15.8. The second kappa shape index (κ2) is 5.35. The van der Waals surface area contributed by atoms with Gasteiger partial charge < -0.3 is 9.84 Å². The van der Waals surface area contributed by atoms with Crippen molar-refractivity contribution < 1.29 is 14.6 Å². The van der Waals surface area contributed by atoms with E-state index in [0.717, 1.165) is 22.0 Å². The number of phenolic OH excluding ortho intramolecular Hbond substituents is 1. The number of aromatic hydroxyl groups is 1. The Morgan fingerprint density at radius 2 is 1.95 bits per heavy atom. The van der Waals surface area contributed by atoms with Crippen molar-refractivity contribution in [3.63, 3.8) is 0 Å². The van der Waals surface area contributed by atoms with Gasteiger partial charge in [-0.15, -0.1) is 0 Å². The molecular weight excluding hydrogens is 266 g/mol. The van der Waals surface area contributed by atoms with Crippen LogP contribution in [0.4, 0.5) is 0 Å². The number of aryl methyl sites for hydroxylation is 1. The fourth-order valence-corrected chi connectivity index (χ4v) is 2.36. The third-order valence-electron chi connectivity index (χ3n) is 3.40. The van der Waals surface area contributed by atoms with Crippen molar-refractivity contribution in [3.8, 4) is 5.75 Å². The van der Waals surface area contributed by atoms with Gasteiger partial charge in [-0.05, 0) is 48.6 Å². The van der Waals surface area contributed by atoms with Crippen molar-refractivity contribution in [2.24, 2.45) is 0 Å². The molecule has 0 saturated carbocycles. The lowest BCUT2D eigenvalue weighted by molar-refractivity contribution is 0.0520. The number of carbonyl (C=O) groups excluding carboxylic acids is 1. The van der Waals surface area contributed by atoms with E-state index in [2.05, 4.69) is 25.8 Å².